The van der Waals surface area contributed by atoms with Crippen molar-refractivity contribution in [1.29, 1.82) is 0 Å². The Morgan fingerprint density at radius 1 is 1.36 bits per heavy atom. The summed E-state index contributed by atoms with van der Waals surface area (Å²) in [5, 5.41) is 2.95. The number of carbonyl (C=O) groups excluding carboxylic acids is 1. The lowest BCUT2D eigenvalue weighted by molar-refractivity contribution is -0.124. The standard InChI is InChI=1S/C11H22ClNO/c1-4-5-10(6-7-12)8-13-11(14)9(2)3/h9-10H,4-8H2,1-3H3,(H,13,14). The highest BCUT2D eigenvalue weighted by Crippen LogP contribution is 2.11. The maximum absolute atomic E-state index is 11.3. The molecule has 0 aromatic heterocycles. The summed E-state index contributed by atoms with van der Waals surface area (Å²) < 4.78 is 0. The van der Waals surface area contributed by atoms with Gasteiger partial charge < -0.3 is 5.32 Å². The van der Waals surface area contributed by atoms with E-state index in [1.54, 1.807) is 0 Å². The molecule has 0 fully saturated rings. The van der Waals surface area contributed by atoms with Crippen molar-refractivity contribution in [1.82, 2.24) is 5.32 Å². The van der Waals surface area contributed by atoms with Gasteiger partial charge in [-0.15, -0.1) is 11.6 Å². The van der Waals surface area contributed by atoms with Crippen molar-refractivity contribution < 1.29 is 4.79 Å². The van der Waals surface area contributed by atoms with Gasteiger partial charge in [-0.1, -0.05) is 27.2 Å². The van der Waals surface area contributed by atoms with Crippen LogP contribution in [-0.4, -0.2) is 18.3 Å². The summed E-state index contributed by atoms with van der Waals surface area (Å²) >= 11 is 5.70. The first-order chi connectivity index (χ1) is 6.61. The molecule has 0 saturated heterocycles. The molecular weight excluding hydrogens is 198 g/mol. The van der Waals surface area contributed by atoms with Crippen LogP contribution in [0.4, 0.5) is 0 Å². The molecule has 1 N–H and O–H groups in total. The molecule has 2 nitrogen and oxygen atoms in total. The van der Waals surface area contributed by atoms with Gasteiger partial charge in [0.1, 0.15) is 0 Å². The van der Waals surface area contributed by atoms with Crippen LogP contribution in [0, 0.1) is 11.8 Å². The van der Waals surface area contributed by atoms with E-state index in [4.69, 9.17) is 11.6 Å². The topological polar surface area (TPSA) is 29.1 Å². The Balaban J connectivity index is 3.74. The zero-order chi connectivity index (χ0) is 11.0. The summed E-state index contributed by atoms with van der Waals surface area (Å²) in [5.74, 6) is 1.44. The maximum atomic E-state index is 11.3. The Morgan fingerprint density at radius 3 is 2.43 bits per heavy atom. The Bertz CT molecular complexity index is 153. The minimum Gasteiger partial charge on any atom is -0.356 e. The number of hydrogen-bond acceptors (Lipinski definition) is 1. The predicted octanol–water partition coefficient (Wildman–Crippen LogP) is 2.80. The lowest BCUT2D eigenvalue weighted by Crippen LogP contribution is -2.32. The van der Waals surface area contributed by atoms with Crippen LogP contribution < -0.4 is 5.32 Å². The van der Waals surface area contributed by atoms with Crippen molar-refractivity contribution in [3.05, 3.63) is 0 Å². The zero-order valence-corrected chi connectivity index (χ0v) is 10.2. The van der Waals surface area contributed by atoms with Gasteiger partial charge in [-0.2, -0.15) is 0 Å². The van der Waals surface area contributed by atoms with Gasteiger partial charge in [-0.05, 0) is 18.8 Å². The molecule has 0 aliphatic rings. The molecule has 0 aliphatic heterocycles. The fourth-order valence-corrected chi connectivity index (χ4v) is 1.67. The monoisotopic (exact) mass is 219 g/mol. The molecule has 0 radical (unpaired) electrons. The highest BCUT2D eigenvalue weighted by molar-refractivity contribution is 6.17. The van der Waals surface area contributed by atoms with E-state index in [1.807, 2.05) is 13.8 Å². The van der Waals surface area contributed by atoms with Crippen LogP contribution >= 0.6 is 11.6 Å². The summed E-state index contributed by atoms with van der Waals surface area (Å²) in [4.78, 5) is 11.3. The van der Waals surface area contributed by atoms with Crippen molar-refractivity contribution >= 4 is 17.5 Å². The third kappa shape index (κ3) is 6.25. The zero-order valence-electron chi connectivity index (χ0n) is 9.48. The second-order valence-corrected chi connectivity index (χ2v) is 4.41. The minimum absolute atomic E-state index is 0.0771. The van der Waals surface area contributed by atoms with Crippen LogP contribution in [0.3, 0.4) is 0 Å². The molecule has 0 heterocycles. The van der Waals surface area contributed by atoms with E-state index >= 15 is 0 Å². The highest BCUT2D eigenvalue weighted by atomic mass is 35.5. The van der Waals surface area contributed by atoms with Gasteiger partial charge in [0, 0.05) is 18.3 Å². The predicted molar refractivity (Wildman–Crippen MR) is 61.6 cm³/mol. The van der Waals surface area contributed by atoms with E-state index in [2.05, 4.69) is 12.2 Å². The maximum Gasteiger partial charge on any atom is 0.222 e. The average Bonchev–Trinajstić information content (AvgIpc) is 2.14. The Labute approximate surface area is 92.4 Å². The van der Waals surface area contributed by atoms with Gasteiger partial charge in [-0.3, -0.25) is 4.79 Å². The van der Waals surface area contributed by atoms with Crippen LogP contribution in [0.15, 0.2) is 0 Å². The number of alkyl halides is 1. The summed E-state index contributed by atoms with van der Waals surface area (Å²) in [7, 11) is 0. The highest BCUT2D eigenvalue weighted by Gasteiger charge is 2.10. The second kappa shape index (κ2) is 8.10. The van der Waals surface area contributed by atoms with Crippen LogP contribution in [0.1, 0.15) is 40.0 Å². The SMILES string of the molecule is CCCC(CCCl)CNC(=O)C(C)C. The molecule has 0 aromatic rings. The van der Waals surface area contributed by atoms with Crippen molar-refractivity contribution in [2.45, 2.75) is 40.0 Å². The van der Waals surface area contributed by atoms with E-state index in [9.17, 15) is 4.79 Å². The third-order valence-electron chi connectivity index (χ3n) is 2.30. The molecule has 0 saturated carbocycles. The largest absolute Gasteiger partial charge is 0.356 e. The lowest BCUT2D eigenvalue weighted by Gasteiger charge is -2.16. The molecule has 1 unspecified atom stereocenters. The fraction of sp³-hybridized carbons (Fsp3) is 0.909. The minimum atomic E-state index is 0.0771. The summed E-state index contributed by atoms with van der Waals surface area (Å²) in [6.45, 7) is 6.75. The van der Waals surface area contributed by atoms with Crippen molar-refractivity contribution in [3.63, 3.8) is 0 Å². The van der Waals surface area contributed by atoms with Gasteiger partial charge in [0.2, 0.25) is 5.91 Å². The number of nitrogens with one attached hydrogen (secondary N) is 1. The second-order valence-electron chi connectivity index (χ2n) is 4.03. The number of carbonyl (C=O) groups is 1. The molecule has 1 atom stereocenters. The first-order valence-corrected chi connectivity index (χ1v) is 5.98. The van der Waals surface area contributed by atoms with E-state index in [0.717, 1.165) is 25.8 Å². The van der Waals surface area contributed by atoms with Gasteiger partial charge >= 0.3 is 0 Å². The van der Waals surface area contributed by atoms with Gasteiger partial charge in [-0.25, -0.2) is 0 Å². The van der Waals surface area contributed by atoms with Crippen LogP contribution in [0.2, 0.25) is 0 Å². The van der Waals surface area contributed by atoms with Crippen LogP contribution in [0.5, 0.6) is 0 Å². The van der Waals surface area contributed by atoms with E-state index in [0.29, 0.717) is 11.8 Å². The smallest absolute Gasteiger partial charge is 0.222 e. The molecule has 0 spiro atoms. The normalized spacial score (nSPS) is 12.9. The van der Waals surface area contributed by atoms with Crippen molar-refractivity contribution in [2.24, 2.45) is 11.8 Å². The lowest BCUT2D eigenvalue weighted by atomic mass is 10.0. The van der Waals surface area contributed by atoms with Gasteiger partial charge in [0.05, 0.1) is 0 Å². The molecule has 14 heavy (non-hydrogen) atoms. The van der Waals surface area contributed by atoms with Crippen molar-refractivity contribution in [2.75, 3.05) is 12.4 Å². The fourth-order valence-electron chi connectivity index (χ4n) is 1.36. The Kier molecular flexibility index (Phi) is 7.96. The molecule has 0 rings (SSSR count). The summed E-state index contributed by atoms with van der Waals surface area (Å²) in [5.41, 5.74) is 0. The molecule has 3 heteroatoms. The van der Waals surface area contributed by atoms with E-state index in [1.165, 1.54) is 0 Å². The van der Waals surface area contributed by atoms with E-state index in [-0.39, 0.29) is 11.8 Å². The van der Waals surface area contributed by atoms with E-state index < -0.39 is 0 Å². The number of rotatable bonds is 7. The quantitative estimate of drug-likeness (QED) is 0.656. The molecular formula is C11H22ClNO. The first-order valence-electron chi connectivity index (χ1n) is 5.45. The summed E-state index contributed by atoms with van der Waals surface area (Å²) in [6.07, 6.45) is 3.29. The number of hydrogen-bond donors (Lipinski definition) is 1. The molecule has 0 aliphatic carbocycles. The third-order valence-corrected chi connectivity index (χ3v) is 2.52. The first kappa shape index (κ1) is 13.8. The Hall–Kier alpha value is -0.240. The van der Waals surface area contributed by atoms with Crippen LogP contribution in [0.25, 0.3) is 0 Å². The molecule has 1 amide bonds. The average molecular weight is 220 g/mol. The van der Waals surface area contributed by atoms with Crippen LogP contribution in [-0.2, 0) is 4.79 Å². The summed E-state index contributed by atoms with van der Waals surface area (Å²) in [6, 6.07) is 0. The Morgan fingerprint density at radius 2 is 2.00 bits per heavy atom. The van der Waals surface area contributed by atoms with Gasteiger partial charge in [0.15, 0.2) is 0 Å². The number of amides is 1. The number of halogens is 1. The molecule has 0 aromatic carbocycles. The molecule has 0 bridgehead atoms. The molecule has 84 valence electrons. The van der Waals surface area contributed by atoms with Gasteiger partial charge in [0.25, 0.3) is 0 Å². The van der Waals surface area contributed by atoms with Crippen molar-refractivity contribution in [3.8, 4) is 0 Å².